The molecule has 2 rings (SSSR count). The molecule has 0 N–H and O–H groups in total. The summed E-state index contributed by atoms with van der Waals surface area (Å²) in [6, 6.07) is 0. The first-order chi connectivity index (χ1) is 6.08. The summed E-state index contributed by atoms with van der Waals surface area (Å²) in [5.41, 5.74) is 0.165. The van der Waals surface area contributed by atoms with E-state index in [9.17, 15) is 8.78 Å². The molecule has 1 aliphatic heterocycles. The van der Waals surface area contributed by atoms with Gasteiger partial charge < -0.3 is 4.74 Å². The number of ether oxygens (including phenoxy) is 1. The zero-order valence-corrected chi connectivity index (χ0v) is 7.98. The number of alkyl halides is 2. The summed E-state index contributed by atoms with van der Waals surface area (Å²) >= 11 is 0. The molecule has 1 saturated heterocycles. The van der Waals surface area contributed by atoms with Gasteiger partial charge in [-0.25, -0.2) is 8.78 Å². The van der Waals surface area contributed by atoms with Crippen molar-refractivity contribution in [2.24, 2.45) is 11.3 Å². The van der Waals surface area contributed by atoms with E-state index < -0.39 is 5.92 Å². The molecule has 2 atom stereocenters. The molecule has 1 saturated carbocycles. The third kappa shape index (κ3) is 1.71. The first-order valence-corrected chi connectivity index (χ1v) is 5.04. The van der Waals surface area contributed by atoms with E-state index in [1.165, 1.54) is 0 Å². The van der Waals surface area contributed by atoms with Crippen molar-refractivity contribution in [3.63, 3.8) is 0 Å². The van der Waals surface area contributed by atoms with Gasteiger partial charge in [-0.3, -0.25) is 0 Å². The molecular formula is C10H16F2O. The Hall–Kier alpha value is -0.180. The highest BCUT2D eigenvalue weighted by atomic mass is 19.3. The summed E-state index contributed by atoms with van der Waals surface area (Å²) in [5.74, 6) is -1.86. The topological polar surface area (TPSA) is 9.23 Å². The van der Waals surface area contributed by atoms with Gasteiger partial charge in [-0.2, -0.15) is 0 Å². The van der Waals surface area contributed by atoms with Gasteiger partial charge in [0.15, 0.2) is 0 Å². The fourth-order valence-electron chi connectivity index (χ4n) is 2.24. The Labute approximate surface area is 77.5 Å². The van der Waals surface area contributed by atoms with E-state index in [4.69, 9.17) is 4.74 Å². The third-order valence-corrected chi connectivity index (χ3v) is 3.57. The van der Waals surface area contributed by atoms with Crippen LogP contribution in [0.5, 0.6) is 0 Å². The van der Waals surface area contributed by atoms with E-state index in [1.807, 2.05) is 0 Å². The molecule has 1 aliphatic carbocycles. The first-order valence-electron chi connectivity index (χ1n) is 5.04. The van der Waals surface area contributed by atoms with E-state index in [1.54, 1.807) is 6.92 Å². The Kier molecular flexibility index (Phi) is 2.10. The molecule has 0 aromatic heterocycles. The van der Waals surface area contributed by atoms with Gasteiger partial charge in [0.2, 0.25) is 5.92 Å². The van der Waals surface area contributed by atoms with Crippen molar-refractivity contribution < 1.29 is 13.5 Å². The molecule has 0 amide bonds. The van der Waals surface area contributed by atoms with Gasteiger partial charge >= 0.3 is 0 Å². The fourth-order valence-corrected chi connectivity index (χ4v) is 2.24. The maximum Gasteiger partial charge on any atom is 0.247 e. The quantitative estimate of drug-likeness (QED) is 0.662. The minimum absolute atomic E-state index is 0.0331. The van der Waals surface area contributed by atoms with Crippen molar-refractivity contribution >= 4 is 0 Å². The Morgan fingerprint density at radius 2 is 2.31 bits per heavy atom. The summed E-state index contributed by atoms with van der Waals surface area (Å²) < 4.78 is 31.2. The first kappa shape index (κ1) is 9.38. The number of fused-ring (bicyclic) bond motifs is 1. The molecule has 0 spiro atoms. The van der Waals surface area contributed by atoms with Gasteiger partial charge in [-0.1, -0.05) is 6.92 Å². The normalized spacial score (nSPS) is 37.6. The van der Waals surface area contributed by atoms with Crippen LogP contribution in [0.3, 0.4) is 0 Å². The maximum absolute atomic E-state index is 13.0. The van der Waals surface area contributed by atoms with Crippen LogP contribution in [0.15, 0.2) is 0 Å². The molecule has 1 heterocycles. The predicted octanol–water partition coefficient (Wildman–Crippen LogP) is 2.85. The lowest BCUT2D eigenvalue weighted by molar-refractivity contribution is -0.0198. The van der Waals surface area contributed by atoms with Crippen molar-refractivity contribution in [3.05, 3.63) is 0 Å². The minimum Gasteiger partial charge on any atom is -0.381 e. The van der Waals surface area contributed by atoms with Crippen molar-refractivity contribution in [1.29, 1.82) is 0 Å². The smallest absolute Gasteiger partial charge is 0.247 e. The molecular weight excluding hydrogens is 174 g/mol. The highest BCUT2D eigenvalue weighted by molar-refractivity contribution is 5.05. The van der Waals surface area contributed by atoms with E-state index in [0.29, 0.717) is 12.3 Å². The van der Waals surface area contributed by atoms with Gasteiger partial charge in [-0.15, -0.1) is 0 Å². The number of hydrogen-bond acceptors (Lipinski definition) is 1. The number of rotatable bonds is 4. The van der Waals surface area contributed by atoms with Crippen molar-refractivity contribution in [2.45, 2.75) is 38.5 Å². The second-order valence-electron chi connectivity index (χ2n) is 4.49. The van der Waals surface area contributed by atoms with Gasteiger partial charge in [0.25, 0.3) is 0 Å². The molecule has 13 heavy (non-hydrogen) atoms. The van der Waals surface area contributed by atoms with E-state index in [2.05, 4.69) is 0 Å². The van der Waals surface area contributed by atoms with E-state index in [0.717, 1.165) is 19.6 Å². The van der Waals surface area contributed by atoms with E-state index >= 15 is 0 Å². The van der Waals surface area contributed by atoms with Gasteiger partial charge in [-0.05, 0) is 24.2 Å². The van der Waals surface area contributed by atoms with Crippen molar-refractivity contribution in [1.82, 2.24) is 0 Å². The van der Waals surface area contributed by atoms with Crippen LogP contribution in [0.1, 0.15) is 32.6 Å². The Morgan fingerprint density at radius 3 is 2.77 bits per heavy atom. The highest BCUT2D eigenvalue weighted by Gasteiger charge is 2.58. The van der Waals surface area contributed by atoms with Crippen LogP contribution in [0.25, 0.3) is 0 Å². The molecule has 2 fully saturated rings. The molecule has 0 radical (unpaired) electrons. The van der Waals surface area contributed by atoms with Gasteiger partial charge in [0.05, 0.1) is 13.2 Å². The summed E-state index contributed by atoms with van der Waals surface area (Å²) in [6.07, 6.45) is 1.78. The molecule has 0 bridgehead atoms. The Balaban J connectivity index is 1.80. The van der Waals surface area contributed by atoms with Crippen LogP contribution in [-0.4, -0.2) is 19.1 Å². The van der Waals surface area contributed by atoms with Crippen LogP contribution in [0, 0.1) is 11.3 Å². The van der Waals surface area contributed by atoms with Crippen molar-refractivity contribution in [2.75, 3.05) is 13.2 Å². The summed E-state index contributed by atoms with van der Waals surface area (Å²) in [7, 11) is 0. The Morgan fingerprint density at radius 1 is 1.54 bits per heavy atom. The third-order valence-electron chi connectivity index (χ3n) is 3.57. The van der Waals surface area contributed by atoms with Crippen LogP contribution in [-0.2, 0) is 4.74 Å². The lowest BCUT2D eigenvalue weighted by atomic mass is 9.96. The van der Waals surface area contributed by atoms with Crippen LogP contribution < -0.4 is 0 Å². The average molecular weight is 190 g/mol. The molecule has 0 aromatic rings. The van der Waals surface area contributed by atoms with Crippen LogP contribution >= 0.6 is 0 Å². The zero-order valence-electron chi connectivity index (χ0n) is 7.98. The SMILES string of the molecule is CCC(F)(F)CCC12COCC1C2. The monoisotopic (exact) mass is 190 g/mol. The molecule has 3 heteroatoms. The number of halogens is 2. The zero-order chi connectivity index (χ0) is 9.53. The second-order valence-corrected chi connectivity index (χ2v) is 4.49. The second kappa shape index (κ2) is 2.91. The molecule has 2 aliphatic rings. The fraction of sp³-hybridized carbons (Fsp3) is 1.00. The molecule has 0 aromatic carbocycles. The Bertz CT molecular complexity index is 205. The van der Waals surface area contributed by atoms with Crippen LogP contribution in [0.4, 0.5) is 8.78 Å². The lowest BCUT2D eigenvalue weighted by Crippen LogP contribution is -2.18. The summed E-state index contributed by atoms with van der Waals surface area (Å²) in [6.45, 7) is 3.07. The summed E-state index contributed by atoms with van der Waals surface area (Å²) in [5, 5.41) is 0. The largest absolute Gasteiger partial charge is 0.381 e. The van der Waals surface area contributed by atoms with Crippen molar-refractivity contribution in [3.8, 4) is 0 Å². The number of hydrogen-bond donors (Lipinski definition) is 0. The highest BCUT2D eigenvalue weighted by Crippen LogP contribution is 2.60. The molecule has 2 unspecified atom stereocenters. The van der Waals surface area contributed by atoms with Gasteiger partial charge in [0.1, 0.15) is 0 Å². The van der Waals surface area contributed by atoms with E-state index in [-0.39, 0.29) is 18.3 Å². The molecule has 1 nitrogen and oxygen atoms in total. The van der Waals surface area contributed by atoms with Gasteiger partial charge in [0, 0.05) is 12.8 Å². The maximum atomic E-state index is 13.0. The summed E-state index contributed by atoms with van der Waals surface area (Å²) in [4.78, 5) is 0. The average Bonchev–Trinajstić information content (AvgIpc) is 2.67. The van der Waals surface area contributed by atoms with Crippen LogP contribution in [0.2, 0.25) is 0 Å². The predicted molar refractivity (Wildman–Crippen MR) is 45.8 cm³/mol. The standard InChI is InChI=1S/C10H16F2O/c1-2-10(11,12)4-3-9-5-8(9)6-13-7-9/h8H,2-7H2,1H3. The lowest BCUT2D eigenvalue weighted by Gasteiger charge is -2.17. The minimum atomic E-state index is -2.45. The molecule has 76 valence electrons.